The van der Waals surface area contributed by atoms with Crippen molar-refractivity contribution in [3.8, 4) is 5.75 Å². The Bertz CT molecular complexity index is 882. The van der Waals surface area contributed by atoms with Crippen molar-refractivity contribution in [1.82, 2.24) is 4.90 Å². The van der Waals surface area contributed by atoms with Gasteiger partial charge < -0.3 is 14.9 Å². The molecule has 3 nitrogen and oxygen atoms in total. The number of benzene rings is 3. The highest BCUT2D eigenvalue weighted by atomic mass is 16.3. The molecule has 3 aromatic rings. The number of likely N-dealkylation sites (N-methyl/N-ethyl adjacent to an activating group) is 1. The maximum atomic E-state index is 10.1. The van der Waals surface area contributed by atoms with Gasteiger partial charge in [0.05, 0.1) is 0 Å². The molecule has 0 spiro atoms. The Morgan fingerprint density at radius 2 is 1.68 bits per heavy atom. The van der Waals surface area contributed by atoms with Gasteiger partial charge in [-0.15, -0.1) is 0 Å². The molecule has 1 aliphatic heterocycles. The van der Waals surface area contributed by atoms with E-state index in [0.717, 1.165) is 38.2 Å². The lowest BCUT2D eigenvalue weighted by molar-refractivity contribution is 0.313. The molecule has 25 heavy (non-hydrogen) atoms. The van der Waals surface area contributed by atoms with Crippen LogP contribution in [0.1, 0.15) is 11.1 Å². The molecule has 128 valence electrons. The average molecular weight is 332 g/mol. The number of nitrogens with zero attached hydrogens (tertiary/aromatic N) is 2. The van der Waals surface area contributed by atoms with Crippen molar-refractivity contribution in [2.45, 2.75) is 6.42 Å². The fourth-order valence-corrected chi connectivity index (χ4v) is 3.62. The summed E-state index contributed by atoms with van der Waals surface area (Å²) in [7, 11) is 2.19. The summed E-state index contributed by atoms with van der Waals surface area (Å²) in [6, 6.07) is 20.8. The third kappa shape index (κ3) is 3.33. The van der Waals surface area contributed by atoms with Gasteiger partial charge in [-0.2, -0.15) is 0 Å². The van der Waals surface area contributed by atoms with Crippen LogP contribution in [0.4, 0.5) is 5.69 Å². The molecule has 0 unspecified atom stereocenters. The van der Waals surface area contributed by atoms with E-state index in [-0.39, 0.29) is 0 Å². The molecule has 3 aromatic carbocycles. The zero-order chi connectivity index (χ0) is 17.2. The monoisotopic (exact) mass is 332 g/mol. The highest BCUT2D eigenvalue weighted by Gasteiger charge is 2.16. The summed E-state index contributed by atoms with van der Waals surface area (Å²) < 4.78 is 0. The van der Waals surface area contributed by atoms with Gasteiger partial charge in [-0.3, -0.25) is 0 Å². The van der Waals surface area contributed by atoms with Crippen molar-refractivity contribution in [2.24, 2.45) is 0 Å². The number of phenolic OH excluding ortho intramolecular Hbond substituents is 1. The Morgan fingerprint density at radius 1 is 0.880 bits per heavy atom. The molecule has 0 amide bonds. The van der Waals surface area contributed by atoms with Gasteiger partial charge in [0.25, 0.3) is 0 Å². The number of hydrogen-bond acceptors (Lipinski definition) is 3. The van der Waals surface area contributed by atoms with Gasteiger partial charge in [0, 0.05) is 43.7 Å². The van der Waals surface area contributed by atoms with Crippen molar-refractivity contribution in [3.63, 3.8) is 0 Å². The third-order valence-corrected chi connectivity index (χ3v) is 5.15. The predicted molar refractivity (Wildman–Crippen MR) is 105 cm³/mol. The second-order valence-corrected chi connectivity index (χ2v) is 6.93. The molecular weight excluding hydrogens is 308 g/mol. The van der Waals surface area contributed by atoms with Crippen LogP contribution >= 0.6 is 0 Å². The fraction of sp³-hybridized carbons (Fsp3) is 0.273. The van der Waals surface area contributed by atoms with Crippen molar-refractivity contribution in [1.29, 1.82) is 0 Å². The Balaban J connectivity index is 1.69. The molecular formula is C22H24N2O. The van der Waals surface area contributed by atoms with Gasteiger partial charge in [-0.25, -0.2) is 0 Å². The normalized spacial score (nSPS) is 15.6. The molecule has 1 aliphatic rings. The number of para-hydroxylation sites is 1. The number of fused-ring (bicyclic) bond motifs is 1. The number of hydrogen-bond donors (Lipinski definition) is 1. The van der Waals surface area contributed by atoms with E-state index in [1.165, 1.54) is 22.0 Å². The second-order valence-electron chi connectivity index (χ2n) is 6.93. The lowest BCUT2D eigenvalue weighted by atomic mass is 9.99. The summed E-state index contributed by atoms with van der Waals surface area (Å²) in [5, 5.41) is 12.6. The lowest BCUT2D eigenvalue weighted by Gasteiger charge is -2.34. The van der Waals surface area contributed by atoms with Crippen LogP contribution in [0, 0.1) is 0 Å². The first-order valence-electron chi connectivity index (χ1n) is 8.93. The maximum Gasteiger partial charge on any atom is 0.119 e. The molecule has 0 aromatic heterocycles. The Morgan fingerprint density at radius 3 is 2.48 bits per heavy atom. The van der Waals surface area contributed by atoms with E-state index in [4.69, 9.17) is 0 Å². The Hall–Kier alpha value is -2.52. The minimum atomic E-state index is 0.370. The first-order valence-corrected chi connectivity index (χ1v) is 8.93. The minimum Gasteiger partial charge on any atom is -0.508 e. The molecule has 0 radical (unpaired) electrons. The van der Waals surface area contributed by atoms with Gasteiger partial charge in [0.15, 0.2) is 0 Å². The first kappa shape index (κ1) is 16.0. The molecule has 4 rings (SSSR count). The summed E-state index contributed by atoms with van der Waals surface area (Å²) >= 11 is 0. The van der Waals surface area contributed by atoms with Crippen LogP contribution in [-0.2, 0) is 6.42 Å². The smallest absolute Gasteiger partial charge is 0.119 e. The van der Waals surface area contributed by atoms with Crippen molar-refractivity contribution >= 4 is 16.5 Å². The van der Waals surface area contributed by atoms with Gasteiger partial charge in [0.1, 0.15) is 5.75 Å². The predicted octanol–water partition coefficient (Wildman–Crippen LogP) is 3.89. The summed E-state index contributed by atoms with van der Waals surface area (Å²) in [5.41, 5.74) is 3.53. The van der Waals surface area contributed by atoms with Crippen LogP contribution in [-0.4, -0.2) is 43.2 Å². The van der Waals surface area contributed by atoms with Gasteiger partial charge in [0.2, 0.25) is 0 Å². The quantitative estimate of drug-likeness (QED) is 0.788. The number of piperazine rings is 1. The molecule has 1 N–H and O–H groups in total. The average Bonchev–Trinajstić information content (AvgIpc) is 2.64. The van der Waals surface area contributed by atoms with Crippen molar-refractivity contribution in [3.05, 3.63) is 71.8 Å². The van der Waals surface area contributed by atoms with Crippen LogP contribution in [0.15, 0.2) is 60.7 Å². The van der Waals surface area contributed by atoms with Gasteiger partial charge in [-0.1, -0.05) is 42.5 Å². The van der Waals surface area contributed by atoms with Gasteiger partial charge in [-0.05, 0) is 41.8 Å². The zero-order valence-electron chi connectivity index (χ0n) is 14.7. The molecule has 0 bridgehead atoms. The summed E-state index contributed by atoms with van der Waals surface area (Å²) in [4.78, 5) is 4.87. The largest absolute Gasteiger partial charge is 0.508 e. The van der Waals surface area contributed by atoms with Crippen molar-refractivity contribution < 1.29 is 5.11 Å². The second kappa shape index (κ2) is 6.77. The molecule has 1 saturated heterocycles. The topological polar surface area (TPSA) is 26.7 Å². The van der Waals surface area contributed by atoms with Crippen LogP contribution in [0.5, 0.6) is 5.75 Å². The zero-order valence-corrected chi connectivity index (χ0v) is 14.7. The molecule has 3 heteroatoms. The van der Waals surface area contributed by atoms with Crippen LogP contribution in [0.2, 0.25) is 0 Å². The highest BCUT2D eigenvalue weighted by Crippen LogP contribution is 2.30. The number of phenols is 1. The minimum absolute atomic E-state index is 0.370. The molecule has 0 atom stereocenters. The maximum absolute atomic E-state index is 10.1. The van der Waals surface area contributed by atoms with Crippen LogP contribution < -0.4 is 4.90 Å². The van der Waals surface area contributed by atoms with Crippen molar-refractivity contribution in [2.75, 3.05) is 38.1 Å². The number of aromatic hydroxyl groups is 1. The van der Waals surface area contributed by atoms with E-state index >= 15 is 0 Å². The van der Waals surface area contributed by atoms with E-state index in [1.54, 1.807) is 6.07 Å². The molecule has 1 heterocycles. The number of anilines is 1. The van der Waals surface area contributed by atoms with E-state index in [9.17, 15) is 5.11 Å². The lowest BCUT2D eigenvalue weighted by Crippen LogP contribution is -2.44. The fourth-order valence-electron chi connectivity index (χ4n) is 3.62. The van der Waals surface area contributed by atoms with E-state index in [0.29, 0.717) is 5.75 Å². The standard InChI is InChI=1S/C22H24N2O/c1-23-11-13-24(14-12-23)21-7-4-6-18-10-9-17(16-20(18)21)15-19-5-2-3-8-22(19)25/h2-10,16,25H,11-15H2,1H3. The Kier molecular flexibility index (Phi) is 4.33. The SMILES string of the molecule is CN1CCN(c2cccc3ccc(Cc4ccccc4O)cc23)CC1. The summed E-state index contributed by atoms with van der Waals surface area (Å²) in [5.74, 6) is 0.370. The molecule has 1 fully saturated rings. The summed E-state index contributed by atoms with van der Waals surface area (Å²) in [6.45, 7) is 4.35. The van der Waals surface area contributed by atoms with Gasteiger partial charge >= 0.3 is 0 Å². The number of rotatable bonds is 3. The summed E-state index contributed by atoms with van der Waals surface area (Å²) in [6.07, 6.45) is 0.750. The van der Waals surface area contributed by atoms with E-state index in [2.05, 4.69) is 53.2 Å². The van der Waals surface area contributed by atoms with Crippen LogP contribution in [0.3, 0.4) is 0 Å². The highest BCUT2D eigenvalue weighted by molar-refractivity contribution is 5.95. The Labute approximate surface area is 149 Å². The van der Waals surface area contributed by atoms with E-state index in [1.807, 2.05) is 18.2 Å². The third-order valence-electron chi connectivity index (χ3n) is 5.15. The molecule has 0 saturated carbocycles. The molecule has 0 aliphatic carbocycles. The van der Waals surface area contributed by atoms with Crippen LogP contribution in [0.25, 0.3) is 10.8 Å². The van der Waals surface area contributed by atoms with E-state index < -0.39 is 0 Å². The first-order chi connectivity index (χ1) is 12.2.